The van der Waals surface area contributed by atoms with Crippen LogP contribution in [0.2, 0.25) is 0 Å². The van der Waals surface area contributed by atoms with E-state index in [4.69, 9.17) is 27.4 Å². The summed E-state index contributed by atoms with van der Waals surface area (Å²) in [5.74, 6) is 0.536. The molecule has 2 aromatic carbocycles. The van der Waals surface area contributed by atoms with Crippen molar-refractivity contribution in [2.45, 2.75) is 6.42 Å². The van der Waals surface area contributed by atoms with E-state index in [2.05, 4.69) is 0 Å². The number of halogens is 1. The number of nitrogens with two attached hydrogens (primary N) is 1. The zero-order chi connectivity index (χ0) is 15.1. The fourth-order valence-corrected chi connectivity index (χ4v) is 1.95. The molecule has 0 heterocycles. The third-order valence-corrected chi connectivity index (χ3v) is 3.01. The maximum atomic E-state index is 13.3. The first-order chi connectivity index (χ1) is 10.2. The molecule has 0 saturated heterocycles. The maximum absolute atomic E-state index is 13.3. The van der Waals surface area contributed by atoms with E-state index in [1.165, 1.54) is 6.07 Å². The first kappa shape index (κ1) is 15.3. The highest BCUT2D eigenvalue weighted by Crippen LogP contribution is 2.18. The van der Waals surface area contributed by atoms with Crippen LogP contribution in [0.1, 0.15) is 12.0 Å². The molecule has 2 aromatic rings. The third kappa shape index (κ3) is 4.43. The predicted octanol–water partition coefficient (Wildman–Crippen LogP) is 3.31. The van der Waals surface area contributed by atoms with Gasteiger partial charge in [0.1, 0.15) is 10.7 Å². The second-order valence-electron chi connectivity index (χ2n) is 4.34. The molecule has 0 atom stereocenters. The number of hydrogen-bond acceptors (Lipinski definition) is 3. The van der Waals surface area contributed by atoms with Gasteiger partial charge in [-0.1, -0.05) is 36.5 Å². The highest BCUT2D eigenvalue weighted by molar-refractivity contribution is 7.80. The highest BCUT2D eigenvalue weighted by atomic mass is 32.1. The molecule has 0 saturated carbocycles. The summed E-state index contributed by atoms with van der Waals surface area (Å²) in [5, 5.41) is 0. The Kier molecular flexibility index (Phi) is 5.51. The Morgan fingerprint density at radius 3 is 2.19 bits per heavy atom. The topological polar surface area (TPSA) is 44.5 Å². The van der Waals surface area contributed by atoms with Crippen molar-refractivity contribution in [1.29, 1.82) is 0 Å². The largest absolute Gasteiger partial charge is 0.493 e. The molecule has 0 aromatic heterocycles. The summed E-state index contributed by atoms with van der Waals surface area (Å²) in [5.41, 5.74) is 6.33. The van der Waals surface area contributed by atoms with Crippen LogP contribution in [0, 0.1) is 5.82 Å². The maximum Gasteiger partial charge on any atom is 0.165 e. The predicted molar refractivity (Wildman–Crippen MR) is 84.3 cm³/mol. The number of thiocarbonyl (C=S) groups is 1. The smallest absolute Gasteiger partial charge is 0.165 e. The average Bonchev–Trinajstić information content (AvgIpc) is 2.49. The van der Waals surface area contributed by atoms with Crippen LogP contribution in [0.3, 0.4) is 0 Å². The number of hydrogen-bond donors (Lipinski definition) is 1. The van der Waals surface area contributed by atoms with Crippen LogP contribution >= 0.6 is 12.2 Å². The van der Waals surface area contributed by atoms with Crippen LogP contribution in [0.15, 0.2) is 48.5 Å². The molecule has 110 valence electrons. The summed E-state index contributed by atoms with van der Waals surface area (Å²) >= 11 is 4.96. The van der Waals surface area contributed by atoms with Crippen molar-refractivity contribution >= 4 is 17.2 Å². The van der Waals surface area contributed by atoms with Gasteiger partial charge in [0.05, 0.1) is 18.8 Å². The van der Waals surface area contributed by atoms with Gasteiger partial charge in [-0.2, -0.15) is 0 Å². The number of ether oxygens (including phenoxy) is 2. The Balaban J connectivity index is 1.78. The SMILES string of the molecule is NC(=S)c1ccccc1OCCCOc1ccccc1F. The summed E-state index contributed by atoms with van der Waals surface area (Å²) < 4.78 is 24.3. The van der Waals surface area contributed by atoms with Gasteiger partial charge in [-0.3, -0.25) is 0 Å². The van der Waals surface area contributed by atoms with Gasteiger partial charge >= 0.3 is 0 Å². The van der Waals surface area contributed by atoms with E-state index < -0.39 is 0 Å². The van der Waals surface area contributed by atoms with Crippen molar-refractivity contribution in [2.75, 3.05) is 13.2 Å². The van der Waals surface area contributed by atoms with E-state index in [0.29, 0.717) is 35.9 Å². The second kappa shape index (κ2) is 7.59. The van der Waals surface area contributed by atoms with Crippen molar-refractivity contribution in [3.8, 4) is 11.5 Å². The molecule has 2 N–H and O–H groups in total. The zero-order valence-electron chi connectivity index (χ0n) is 11.4. The monoisotopic (exact) mass is 305 g/mol. The summed E-state index contributed by atoms with van der Waals surface area (Å²) in [7, 11) is 0. The van der Waals surface area contributed by atoms with E-state index in [0.717, 1.165) is 0 Å². The average molecular weight is 305 g/mol. The van der Waals surface area contributed by atoms with Crippen LogP contribution in [-0.4, -0.2) is 18.2 Å². The van der Waals surface area contributed by atoms with E-state index in [1.807, 2.05) is 24.3 Å². The van der Waals surface area contributed by atoms with Crippen molar-refractivity contribution in [1.82, 2.24) is 0 Å². The van der Waals surface area contributed by atoms with Crippen molar-refractivity contribution in [3.63, 3.8) is 0 Å². The van der Waals surface area contributed by atoms with Gasteiger partial charge in [0.15, 0.2) is 11.6 Å². The Morgan fingerprint density at radius 1 is 0.952 bits per heavy atom. The first-order valence-electron chi connectivity index (χ1n) is 6.57. The Morgan fingerprint density at radius 2 is 1.52 bits per heavy atom. The lowest BCUT2D eigenvalue weighted by atomic mass is 10.2. The molecule has 0 spiro atoms. The van der Waals surface area contributed by atoms with Crippen molar-refractivity contribution in [3.05, 3.63) is 59.9 Å². The molecule has 0 aliphatic carbocycles. The molecule has 2 rings (SSSR count). The molecule has 3 nitrogen and oxygen atoms in total. The zero-order valence-corrected chi connectivity index (χ0v) is 12.2. The van der Waals surface area contributed by atoms with Crippen molar-refractivity contribution < 1.29 is 13.9 Å². The number of rotatable bonds is 7. The van der Waals surface area contributed by atoms with Gasteiger partial charge < -0.3 is 15.2 Å². The highest BCUT2D eigenvalue weighted by Gasteiger charge is 2.05. The van der Waals surface area contributed by atoms with Crippen LogP contribution < -0.4 is 15.2 Å². The van der Waals surface area contributed by atoms with E-state index in [1.54, 1.807) is 18.2 Å². The molecular weight excluding hydrogens is 289 g/mol. The van der Waals surface area contributed by atoms with Crippen LogP contribution in [0.5, 0.6) is 11.5 Å². The molecular formula is C16H16FNO2S. The van der Waals surface area contributed by atoms with Gasteiger partial charge in [0, 0.05) is 6.42 Å². The van der Waals surface area contributed by atoms with E-state index >= 15 is 0 Å². The molecule has 0 fully saturated rings. The minimum Gasteiger partial charge on any atom is -0.493 e. The number of benzene rings is 2. The van der Waals surface area contributed by atoms with Gasteiger partial charge in [0.25, 0.3) is 0 Å². The van der Waals surface area contributed by atoms with Gasteiger partial charge in [-0.05, 0) is 24.3 Å². The Hall–Kier alpha value is -2.14. The molecule has 5 heteroatoms. The number of para-hydroxylation sites is 2. The third-order valence-electron chi connectivity index (χ3n) is 2.79. The molecule has 0 amide bonds. The van der Waals surface area contributed by atoms with Gasteiger partial charge in [-0.25, -0.2) is 4.39 Å². The van der Waals surface area contributed by atoms with Crippen LogP contribution in [0.25, 0.3) is 0 Å². The minimum atomic E-state index is -0.364. The normalized spacial score (nSPS) is 10.1. The van der Waals surface area contributed by atoms with Crippen LogP contribution in [0.4, 0.5) is 4.39 Å². The standard InChI is InChI=1S/C16H16FNO2S/c17-13-7-2-4-9-15(13)20-11-5-10-19-14-8-3-1-6-12(14)16(18)21/h1-4,6-9H,5,10-11H2,(H2,18,21). The van der Waals surface area contributed by atoms with E-state index in [-0.39, 0.29) is 11.6 Å². The van der Waals surface area contributed by atoms with Crippen LogP contribution in [-0.2, 0) is 0 Å². The second-order valence-corrected chi connectivity index (χ2v) is 4.78. The molecule has 0 unspecified atom stereocenters. The first-order valence-corrected chi connectivity index (χ1v) is 6.98. The lowest BCUT2D eigenvalue weighted by Crippen LogP contribution is -2.12. The Labute approximate surface area is 128 Å². The fourth-order valence-electron chi connectivity index (χ4n) is 1.78. The molecule has 0 aliphatic rings. The lowest BCUT2D eigenvalue weighted by Gasteiger charge is -2.11. The lowest BCUT2D eigenvalue weighted by molar-refractivity contribution is 0.241. The Bertz CT molecular complexity index is 619. The van der Waals surface area contributed by atoms with Gasteiger partial charge in [-0.15, -0.1) is 0 Å². The summed E-state index contributed by atoms with van der Waals surface area (Å²) in [6.45, 7) is 0.810. The summed E-state index contributed by atoms with van der Waals surface area (Å²) in [6.07, 6.45) is 0.625. The molecule has 21 heavy (non-hydrogen) atoms. The van der Waals surface area contributed by atoms with Crippen molar-refractivity contribution in [2.24, 2.45) is 5.73 Å². The molecule has 0 radical (unpaired) electrons. The fraction of sp³-hybridized carbons (Fsp3) is 0.188. The van der Waals surface area contributed by atoms with E-state index in [9.17, 15) is 4.39 Å². The molecule has 0 aliphatic heterocycles. The van der Waals surface area contributed by atoms with Gasteiger partial charge in [0.2, 0.25) is 0 Å². The quantitative estimate of drug-likeness (QED) is 0.629. The summed E-state index contributed by atoms with van der Waals surface area (Å²) in [6, 6.07) is 13.6. The molecule has 0 bridgehead atoms. The minimum absolute atomic E-state index is 0.251. The summed E-state index contributed by atoms with van der Waals surface area (Å²) in [4.78, 5) is 0.299.